The van der Waals surface area contributed by atoms with Crippen molar-refractivity contribution in [3.8, 4) is 0 Å². The number of hydrogen-bond acceptors (Lipinski definition) is 2. The molecular weight excluding hydrogens is 308 g/mol. The van der Waals surface area contributed by atoms with E-state index in [1.165, 1.54) is 5.56 Å². The highest BCUT2D eigenvalue weighted by Crippen LogP contribution is 2.22. The number of carbonyl (C=O) groups excluding carboxylic acids is 1. The largest absolute Gasteiger partial charge is 0.399 e. The maximum atomic E-state index is 12.1. The second-order valence-electron chi connectivity index (χ2n) is 6.67. The van der Waals surface area contributed by atoms with Crippen molar-refractivity contribution < 1.29 is 4.79 Å². The Labute approximate surface area is 142 Å². The first-order valence-electron chi connectivity index (χ1n) is 7.70. The summed E-state index contributed by atoms with van der Waals surface area (Å²) >= 11 is 6.02. The van der Waals surface area contributed by atoms with E-state index >= 15 is 0 Å². The van der Waals surface area contributed by atoms with Gasteiger partial charge in [-0.25, -0.2) is 0 Å². The lowest BCUT2D eigenvalue weighted by atomic mass is 9.85. The van der Waals surface area contributed by atoms with E-state index in [4.69, 9.17) is 17.3 Å². The zero-order valence-electron chi connectivity index (χ0n) is 13.6. The summed E-state index contributed by atoms with van der Waals surface area (Å²) in [6, 6.07) is 15.2. The van der Waals surface area contributed by atoms with Crippen molar-refractivity contribution >= 4 is 23.2 Å². The van der Waals surface area contributed by atoms with Gasteiger partial charge in [0, 0.05) is 17.3 Å². The van der Waals surface area contributed by atoms with Gasteiger partial charge >= 0.3 is 0 Å². The van der Waals surface area contributed by atoms with E-state index in [1.54, 1.807) is 0 Å². The number of rotatable bonds is 6. The fourth-order valence-electron chi connectivity index (χ4n) is 2.48. The van der Waals surface area contributed by atoms with Gasteiger partial charge in [0.25, 0.3) is 0 Å². The molecule has 122 valence electrons. The highest BCUT2D eigenvalue weighted by atomic mass is 35.5. The fourth-order valence-corrected chi connectivity index (χ4v) is 2.70. The van der Waals surface area contributed by atoms with E-state index in [-0.39, 0.29) is 11.3 Å². The molecule has 23 heavy (non-hydrogen) atoms. The monoisotopic (exact) mass is 330 g/mol. The molecule has 0 atom stereocenters. The molecule has 0 fully saturated rings. The van der Waals surface area contributed by atoms with E-state index in [0.717, 1.165) is 17.0 Å². The summed E-state index contributed by atoms with van der Waals surface area (Å²) in [6.45, 7) is 4.89. The lowest BCUT2D eigenvalue weighted by Crippen LogP contribution is -2.36. The van der Waals surface area contributed by atoms with Crippen LogP contribution in [-0.2, 0) is 17.6 Å². The molecule has 0 saturated heterocycles. The standard InChI is InChI=1S/C19H23ClN2O/c1-19(2,12-15-4-3-5-16(20)10-15)13-22-18(23)11-14-6-8-17(21)9-7-14/h3-10H,11-13,21H2,1-2H3,(H,22,23). The van der Waals surface area contributed by atoms with E-state index < -0.39 is 0 Å². The molecule has 2 aromatic rings. The van der Waals surface area contributed by atoms with Gasteiger partial charge in [-0.2, -0.15) is 0 Å². The van der Waals surface area contributed by atoms with Gasteiger partial charge in [-0.1, -0.05) is 49.7 Å². The van der Waals surface area contributed by atoms with Crippen molar-refractivity contribution in [1.82, 2.24) is 5.32 Å². The molecule has 0 spiro atoms. The zero-order valence-corrected chi connectivity index (χ0v) is 14.4. The van der Waals surface area contributed by atoms with E-state index in [1.807, 2.05) is 42.5 Å². The van der Waals surface area contributed by atoms with Gasteiger partial charge in [0.1, 0.15) is 0 Å². The normalized spacial score (nSPS) is 11.3. The molecule has 2 aromatic carbocycles. The second kappa shape index (κ2) is 7.51. The summed E-state index contributed by atoms with van der Waals surface area (Å²) in [6.07, 6.45) is 1.23. The molecule has 1 amide bonds. The lowest BCUT2D eigenvalue weighted by Gasteiger charge is -2.25. The average molecular weight is 331 g/mol. The maximum absolute atomic E-state index is 12.1. The molecule has 0 radical (unpaired) electrons. The first-order valence-corrected chi connectivity index (χ1v) is 8.07. The number of anilines is 1. The van der Waals surface area contributed by atoms with Crippen molar-refractivity contribution in [2.75, 3.05) is 12.3 Å². The van der Waals surface area contributed by atoms with Crippen molar-refractivity contribution in [2.24, 2.45) is 5.41 Å². The Kier molecular flexibility index (Phi) is 5.67. The minimum absolute atomic E-state index is 0.0222. The Balaban J connectivity index is 1.85. The number of halogens is 1. The predicted molar refractivity (Wildman–Crippen MR) is 96.5 cm³/mol. The minimum Gasteiger partial charge on any atom is -0.399 e. The third-order valence-electron chi connectivity index (χ3n) is 3.68. The molecule has 3 nitrogen and oxygen atoms in total. The summed E-state index contributed by atoms with van der Waals surface area (Å²) < 4.78 is 0. The molecule has 0 heterocycles. The summed E-state index contributed by atoms with van der Waals surface area (Å²) in [5.41, 5.74) is 8.45. The van der Waals surface area contributed by atoms with E-state index in [0.29, 0.717) is 18.7 Å². The Bertz CT molecular complexity index is 665. The van der Waals surface area contributed by atoms with Gasteiger partial charge in [-0.15, -0.1) is 0 Å². The summed E-state index contributed by atoms with van der Waals surface area (Å²) in [5, 5.41) is 3.76. The highest BCUT2D eigenvalue weighted by molar-refractivity contribution is 6.30. The highest BCUT2D eigenvalue weighted by Gasteiger charge is 2.19. The molecule has 3 N–H and O–H groups in total. The Morgan fingerprint density at radius 3 is 2.48 bits per heavy atom. The van der Waals surface area contributed by atoms with Crippen LogP contribution in [-0.4, -0.2) is 12.5 Å². The first kappa shape index (κ1) is 17.4. The van der Waals surface area contributed by atoms with Crippen LogP contribution in [0.15, 0.2) is 48.5 Å². The Morgan fingerprint density at radius 1 is 1.13 bits per heavy atom. The predicted octanol–water partition coefficient (Wildman–Crippen LogP) is 3.85. The molecule has 0 aliphatic carbocycles. The molecule has 0 bridgehead atoms. The van der Waals surface area contributed by atoms with Gasteiger partial charge < -0.3 is 11.1 Å². The number of benzene rings is 2. The molecule has 0 aromatic heterocycles. The number of hydrogen-bond donors (Lipinski definition) is 2. The van der Waals surface area contributed by atoms with Crippen LogP contribution < -0.4 is 11.1 Å². The van der Waals surface area contributed by atoms with Crippen LogP contribution in [0.5, 0.6) is 0 Å². The third-order valence-corrected chi connectivity index (χ3v) is 3.92. The summed E-state index contributed by atoms with van der Waals surface area (Å²) in [4.78, 5) is 12.1. The molecular formula is C19H23ClN2O. The number of nitrogens with two attached hydrogens (primary N) is 1. The second-order valence-corrected chi connectivity index (χ2v) is 7.10. The number of nitrogen functional groups attached to an aromatic ring is 1. The van der Waals surface area contributed by atoms with Crippen molar-refractivity contribution in [3.63, 3.8) is 0 Å². The smallest absolute Gasteiger partial charge is 0.224 e. The van der Waals surface area contributed by atoms with E-state index in [9.17, 15) is 4.79 Å². The average Bonchev–Trinajstić information content (AvgIpc) is 2.47. The SMILES string of the molecule is CC(C)(CNC(=O)Cc1ccc(N)cc1)Cc1cccc(Cl)c1. The van der Waals surface area contributed by atoms with Crippen LogP contribution in [0.25, 0.3) is 0 Å². The lowest BCUT2D eigenvalue weighted by molar-refractivity contribution is -0.120. The Hall–Kier alpha value is -2.00. The molecule has 0 unspecified atom stereocenters. The topological polar surface area (TPSA) is 55.1 Å². The minimum atomic E-state index is -0.0402. The number of amides is 1. The van der Waals surface area contributed by atoms with Crippen LogP contribution in [0.4, 0.5) is 5.69 Å². The summed E-state index contributed by atoms with van der Waals surface area (Å²) in [7, 11) is 0. The molecule has 0 saturated carbocycles. The van der Waals surface area contributed by atoms with Crippen molar-refractivity contribution in [2.45, 2.75) is 26.7 Å². The van der Waals surface area contributed by atoms with Gasteiger partial charge in [0.05, 0.1) is 6.42 Å². The molecule has 4 heteroatoms. The third kappa shape index (κ3) is 5.95. The Morgan fingerprint density at radius 2 is 1.83 bits per heavy atom. The molecule has 2 rings (SSSR count). The van der Waals surface area contributed by atoms with Crippen LogP contribution >= 0.6 is 11.6 Å². The van der Waals surface area contributed by atoms with E-state index in [2.05, 4.69) is 25.2 Å². The zero-order chi connectivity index (χ0) is 16.9. The van der Waals surface area contributed by atoms with Crippen LogP contribution in [0.3, 0.4) is 0 Å². The quantitative estimate of drug-likeness (QED) is 0.790. The first-order chi connectivity index (χ1) is 10.8. The van der Waals surface area contributed by atoms with Crippen molar-refractivity contribution in [3.05, 3.63) is 64.7 Å². The van der Waals surface area contributed by atoms with Gasteiger partial charge in [-0.05, 0) is 47.2 Å². The van der Waals surface area contributed by atoms with Crippen molar-refractivity contribution in [1.29, 1.82) is 0 Å². The van der Waals surface area contributed by atoms with Gasteiger partial charge in [0.15, 0.2) is 0 Å². The number of carbonyl (C=O) groups is 1. The maximum Gasteiger partial charge on any atom is 0.224 e. The van der Waals surface area contributed by atoms with Crippen LogP contribution in [0.1, 0.15) is 25.0 Å². The van der Waals surface area contributed by atoms with Crippen LogP contribution in [0.2, 0.25) is 5.02 Å². The fraction of sp³-hybridized carbons (Fsp3) is 0.316. The number of nitrogens with one attached hydrogen (secondary N) is 1. The molecule has 0 aliphatic heterocycles. The molecule has 0 aliphatic rings. The van der Waals surface area contributed by atoms with Gasteiger partial charge in [0.2, 0.25) is 5.91 Å². The van der Waals surface area contributed by atoms with Crippen LogP contribution in [0, 0.1) is 5.41 Å². The summed E-state index contributed by atoms with van der Waals surface area (Å²) in [5.74, 6) is 0.0222. The van der Waals surface area contributed by atoms with Gasteiger partial charge in [-0.3, -0.25) is 4.79 Å².